The largest absolute Gasteiger partial charge is 0.367 e. The SMILES string of the molecule is NC(=O)[C@@H]1CN(C(=O)c2ccccc2C(=O)c2ccc(F)cc2)CCO1. The molecule has 0 radical (unpaired) electrons. The second-order valence-corrected chi connectivity index (χ2v) is 5.89. The minimum atomic E-state index is -0.868. The van der Waals surface area contributed by atoms with Gasteiger partial charge >= 0.3 is 0 Å². The summed E-state index contributed by atoms with van der Waals surface area (Å²) in [7, 11) is 0. The fourth-order valence-corrected chi connectivity index (χ4v) is 2.80. The fraction of sp³-hybridized carbons (Fsp3) is 0.211. The number of carbonyl (C=O) groups excluding carboxylic acids is 3. The summed E-state index contributed by atoms with van der Waals surface area (Å²) in [6, 6.07) is 11.5. The molecule has 0 spiro atoms. The van der Waals surface area contributed by atoms with E-state index in [4.69, 9.17) is 10.5 Å². The van der Waals surface area contributed by atoms with Gasteiger partial charge in [-0.1, -0.05) is 18.2 Å². The van der Waals surface area contributed by atoms with Gasteiger partial charge in [-0.05, 0) is 30.3 Å². The highest BCUT2D eigenvalue weighted by Crippen LogP contribution is 2.18. The summed E-state index contributed by atoms with van der Waals surface area (Å²) in [5.41, 5.74) is 5.96. The van der Waals surface area contributed by atoms with E-state index in [0.717, 1.165) is 0 Å². The van der Waals surface area contributed by atoms with E-state index in [1.807, 2.05) is 0 Å². The summed E-state index contributed by atoms with van der Waals surface area (Å²) < 4.78 is 18.3. The Labute approximate surface area is 149 Å². The lowest BCUT2D eigenvalue weighted by Crippen LogP contribution is -2.50. The zero-order valence-corrected chi connectivity index (χ0v) is 13.9. The van der Waals surface area contributed by atoms with Gasteiger partial charge in [0.1, 0.15) is 5.82 Å². The maximum atomic E-state index is 13.1. The second-order valence-electron chi connectivity index (χ2n) is 5.89. The summed E-state index contributed by atoms with van der Waals surface area (Å²) in [6.07, 6.45) is -0.868. The van der Waals surface area contributed by atoms with Gasteiger partial charge < -0.3 is 15.4 Å². The Morgan fingerprint density at radius 2 is 1.69 bits per heavy atom. The third-order valence-corrected chi connectivity index (χ3v) is 4.18. The molecule has 1 aliphatic heterocycles. The number of hydrogen-bond acceptors (Lipinski definition) is 4. The number of nitrogens with two attached hydrogens (primary N) is 1. The quantitative estimate of drug-likeness (QED) is 0.838. The first-order valence-corrected chi connectivity index (χ1v) is 8.07. The van der Waals surface area contributed by atoms with Gasteiger partial charge in [0, 0.05) is 17.7 Å². The van der Waals surface area contributed by atoms with Gasteiger partial charge in [0.25, 0.3) is 5.91 Å². The summed E-state index contributed by atoms with van der Waals surface area (Å²) in [5.74, 6) is -1.85. The molecular weight excluding hydrogens is 339 g/mol. The van der Waals surface area contributed by atoms with Gasteiger partial charge in [0.15, 0.2) is 11.9 Å². The molecule has 2 aromatic rings. The predicted molar refractivity (Wildman–Crippen MR) is 91.1 cm³/mol. The molecule has 2 aromatic carbocycles. The summed E-state index contributed by atoms with van der Waals surface area (Å²) in [5, 5.41) is 0. The van der Waals surface area contributed by atoms with E-state index in [1.165, 1.54) is 29.2 Å². The molecule has 2 N–H and O–H groups in total. The smallest absolute Gasteiger partial charge is 0.254 e. The molecule has 1 fully saturated rings. The van der Waals surface area contributed by atoms with Crippen molar-refractivity contribution in [2.45, 2.75) is 6.10 Å². The van der Waals surface area contributed by atoms with Gasteiger partial charge in [-0.15, -0.1) is 0 Å². The molecule has 26 heavy (non-hydrogen) atoms. The lowest BCUT2D eigenvalue weighted by molar-refractivity contribution is -0.133. The number of halogens is 1. The van der Waals surface area contributed by atoms with Crippen molar-refractivity contribution in [2.24, 2.45) is 5.73 Å². The number of benzene rings is 2. The van der Waals surface area contributed by atoms with Crippen LogP contribution in [0.25, 0.3) is 0 Å². The Bertz CT molecular complexity index is 851. The van der Waals surface area contributed by atoms with Crippen LogP contribution in [0, 0.1) is 5.82 Å². The number of amides is 2. The zero-order valence-electron chi connectivity index (χ0n) is 13.9. The van der Waals surface area contributed by atoms with E-state index in [0.29, 0.717) is 6.54 Å². The zero-order chi connectivity index (χ0) is 18.7. The first-order valence-electron chi connectivity index (χ1n) is 8.07. The highest BCUT2D eigenvalue weighted by molar-refractivity contribution is 6.15. The summed E-state index contributed by atoms with van der Waals surface area (Å²) in [4.78, 5) is 38.4. The molecular formula is C19H17FN2O4. The maximum Gasteiger partial charge on any atom is 0.254 e. The van der Waals surface area contributed by atoms with Crippen molar-refractivity contribution < 1.29 is 23.5 Å². The van der Waals surface area contributed by atoms with Gasteiger partial charge in [0.2, 0.25) is 5.91 Å². The summed E-state index contributed by atoms with van der Waals surface area (Å²) in [6.45, 7) is 0.516. The number of hydrogen-bond donors (Lipinski definition) is 1. The van der Waals surface area contributed by atoms with Gasteiger partial charge in [-0.25, -0.2) is 4.39 Å². The molecule has 134 valence electrons. The lowest BCUT2D eigenvalue weighted by atomic mass is 9.97. The Morgan fingerprint density at radius 3 is 2.35 bits per heavy atom. The van der Waals surface area contributed by atoms with Crippen LogP contribution < -0.4 is 5.73 Å². The van der Waals surface area contributed by atoms with Crippen molar-refractivity contribution in [3.8, 4) is 0 Å². The number of ketones is 1. The van der Waals surface area contributed by atoms with Crippen molar-refractivity contribution in [1.82, 2.24) is 4.90 Å². The van der Waals surface area contributed by atoms with Crippen LogP contribution in [0.4, 0.5) is 4.39 Å². The molecule has 0 unspecified atom stereocenters. The monoisotopic (exact) mass is 356 g/mol. The molecule has 0 bridgehead atoms. The van der Waals surface area contributed by atoms with Crippen molar-refractivity contribution in [1.29, 1.82) is 0 Å². The highest BCUT2D eigenvalue weighted by Gasteiger charge is 2.30. The first kappa shape index (κ1) is 17.8. The molecule has 2 amide bonds. The van der Waals surface area contributed by atoms with Crippen LogP contribution in [-0.2, 0) is 9.53 Å². The lowest BCUT2D eigenvalue weighted by Gasteiger charge is -2.31. The van der Waals surface area contributed by atoms with E-state index in [9.17, 15) is 18.8 Å². The molecule has 0 aliphatic carbocycles. The fourth-order valence-electron chi connectivity index (χ4n) is 2.80. The van der Waals surface area contributed by atoms with E-state index < -0.39 is 17.8 Å². The molecule has 1 aliphatic rings. The number of rotatable bonds is 4. The molecule has 7 heteroatoms. The average Bonchev–Trinajstić information content (AvgIpc) is 2.67. The van der Waals surface area contributed by atoms with Crippen LogP contribution in [0.15, 0.2) is 48.5 Å². The number of primary amides is 1. The van der Waals surface area contributed by atoms with E-state index in [2.05, 4.69) is 0 Å². The standard InChI is InChI=1S/C19H17FN2O4/c20-13-7-5-12(6-8-13)17(23)14-3-1-2-4-15(14)19(25)22-9-10-26-16(11-22)18(21)24/h1-8,16H,9-11H2,(H2,21,24)/t16-/m0/s1. The van der Waals surface area contributed by atoms with Crippen LogP contribution in [0.2, 0.25) is 0 Å². The van der Waals surface area contributed by atoms with Crippen molar-refractivity contribution in [3.63, 3.8) is 0 Å². The predicted octanol–water partition coefficient (Wildman–Crippen LogP) is 1.38. The first-order chi connectivity index (χ1) is 12.5. The van der Waals surface area contributed by atoms with Crippen LogP contribution in [0.3, 0.4) is 0 Å². The van der Waals surface area contributed by atoms with Gasteiger partial charge in [0.05, 0.1) is 18.7 Å². The number of carbonyl (C=O) groups is 3. The Morgan fingerprint density at radius 1 is 1.04 bits per heavy atom. The van der Waals surface area contributed by atoms with Crippen LogP contribution in [0.5, 0.6) is 0 Å². The average molecular weight is 356 g/mol. The third kappa shape index (κ3) is 3.62. The van der Waals surface area contributed by atoms with Gasteiger partial charge in [-0.2, -0.15) is 0 Å². The Hall–Kier alpha value is -3.06. The maximum absolute atomic E-state index is 13.1. The van der Waals surface area contributed by atoms with Crippen LogP contribution in [-0.4, -0.2) is 48.3 Å². The second kappa shape index (κ2) is 7.45. The van der Waals surface area contributed by atoms with E-state index >= 15 is 0 Å². The molecule has 1 saturated heterocycles. The molecule has 3 rings (SSSR count). The van der Waals surface area contributed by atoms with Crippen LogP contribution >= 0.6 is 0 Å². The van der Waals surface area contributed by atoms with Crippen molar-refractivity contribution in [3.05, 3.63) is 71.0 Å². The van der Waals surface area contributed by atoms with E-state index in [-0.39, 0.29) is 41.5 Å². The normalized spacial score (nSPS) is 17.0. The molecule has 0 saturated carbocycles. The highest BCUT2D eigenvalue weighted by atomic mass is 19.1. The van der Waals surface area contributed by atoms with Crippen molar-refractivity contribution in [2.75, 3.05) is 19.7 Å². The molecule has 6 nitrogen and oxygen atoms in total. The number of ether oxygens (including phenoxy) is 1. The van der Waals surface area contributed by atoms with Gasteiger partial charge in [-0.3, -0.25) is 14.4 Å². The third-order valence-electron chi connectivity index (χ3n) is 4.18. The Kier molecular flexibility index (Phi) is 5.09. The minimum absolute atomic E-state index is 0.0350. The molecule has 1 atom stereocenters. The van der Waals surface area contributed by atoms with E-state index in [1.54, 1.807) is 24.3 Å². The number of nitrogens with zero attached hydrogens (tertiary/aromatic N) is 1. The Balaban J connectivity index is 1.89. The number of morpholine rings is 1. The molecule has 0 aromatic heterocycles. The molecule has 1 heterocycles. The van der Waals surface area contributed by atoms with Crippen LogP contribution in [0.1, 0.15) is 26.3 Å². The topological polar surface area (TPSA) is 89.7 Å². The minimum Gasteiger partial charge on any atom is -0.367 e. The summed E-state index contributed by atoms with van der Waals surface area (Å²) >= 11 is 0. The van der Waals surface area contributed by atoms with Crippen molar-refractivity contribution >= 4 is 17.6 Å².